The van der Waals surface area contributed by atoms with Gasteiger partial charge in [0, 0.05) is 15.7 Å². The molecule has 0 aromatic heterocycles. The Hall–Kier alpha value is -2.34. The molecule has 3 rings (SSSR count). The second-order valence-electron chi connectivity index (χ2n) is 5.42. The van der Waals surface area contributed by atoms with Crippen LogP contribution in [-0.4, -0.2) is 30.1 Å². The van der Waals surface area contributed by atoms with E-state index in [1.807, 2.05) is 48.5 Å². The zero-order valence-corrected chi connectivity index (χ0v) is 14.7. The fourth-order valence-electron chi connectivity index (χ4n) is 2.85. The summed E-state index contributed by atoms with van der Waals surface area (Å²) in [5, 5.41) is 2.87. The fraction of sp³-hybridized carbons (Fsp3) is 0.222. The van der Waals surface area contributed by atoms with Gasteiger partial charge in [-0.2, -0.15) is 0 Å². The molecule has 2 aromatic rings. The van der Waals surface area contributed by atoms with Crippen LogP contribution in [0.5, 0.6) is 0 Å². The van der Waals surface area contributed by atoms with E-state index in [2.05, 4.69) is 21.2 Å². The average Bonchev–Trinajstić information content (AvgIpc) is 2.71. The second kappa shape index (κ2) is 7.05. The lowest BCUT2D eigenvalue weighted by atomic mass is 9.96. The van der Waals surface area contributed by atoms with Crippen LogP contribution in [0.3, 0.4) is 0 Å². The number of hydrogen-bond acceptors (Lipinski definition) is 3. The fourth-order valence-corrected chi connectivity index (χ4v) is 3.23. The van der Waals surface area contributed by atoms with Crippen molar-refractivity contribution in [3.63, 3.8) is 0 Å². The number of ether oxygens (including phenoxy) is 1. The van der Waals surface area contributed by atoms with Gasteiger partial charge in [-0.05, 0) is 30.7 Å². The number of carbonyl (C=O) groups is 2. The molecule has 0 saturated carbocycles. The number of halogens is 1. The van der Waals surface area contributed by atoms with Gasteiger partial charge < -0.3 is 10.1 Å². The minimum atomic E-state index is -0.505. The third-order valence-corrected chi connectivity index (χ3v) is 4.32. The predicted molar refractivity (Wildman–Crippen MR) is 94.8 cm³/mol. The normalized spacial score (nSPS) is 16.8. The Balaban J connectivity index is 2.17. The first-order valence-electron chi connectivity index (χ1n) is 7.67. The highest BCUT2D eigenvalue weighted by atomic mass is 79.9. The molecular formula is C18H17BrN2O3. The Kier molecular flexibility index (Phi) is 4.85. The molecule has 0 spiro atoms. The molecule has 6 heteroatoms. The van der Waals surface area contributed by atoms with E-state index < -0.39 is 12.1 Å². The van der Waals surface area contributed by atoms with Crippen molar-refractivity contribution in [2.75, 3.05) is 18.5 Å². The first-order chi connectivity index (χ1) is 11.6. The van der Waals surface area contributed by atoms with Crippen LogP contribution < -0.4 is 5.32 Å². The number of nitrogens with one attached hydrogen (secondary N) is 1. The van der Waals surface area contributed by atoms with Gasteiger partial charge in [-0.25, -0.2) is 4.79 Å². The van der Waals surface area contributed by atoms with Crippen LogP contribution in [0.1, 0.15) is 24.1 Å². The highest BCUT2D eigenvalue weighted by Gasteiger charge is 2.34. The molecule has 1 atom stereocenters. The van der Waals surface area contributed by atoms with Crippen molar-refractivity contribution < 1.29 is 14.3 Å². The van der Waals surface area contributed by atoms with Gasteiger partial charge in [-0.1, -0.05) is 46.3 Å². The number of hydrogen-bond donors (Lipinski definition) is 1. The van der Waals surface area contributed by atoms with Gasteiger partial charge in [0.05, 0.1) is 12.6 Å². The van der Waals surface area contributed by atoms with E-state index in [9.17, 15) is 9.59 Å². The van der Waals surface area contributed by atoms with Crippen LogP contribution in [0.25, 0.3) is 0 Å². The Bertz CT molecular complexity index is 764. The molecule has 1 aliphatic rings. The quantitative estimate of drug-likeness (QED) is 0.846. The van der Waals surface area contributed by atoms with Gasteiger partial charge in [-0.15, -0.1) is 0 Å². The van der Waals surface area contributed by atoms with Gasteiger partial charge in [0.2, 0.25) is 5.91 Å². The van der Waals surface area contributed by atoms with Crippen LogP contribution in [0.4, 0.5) is 10.5 Å². The summed E-state index contributed by atoms with van der Waals surface area (Å²) in [5.74, 6) is -0.245. The zero-order valence-electron chi connectivity index (χ0n) is 13.2. The number of anilines is 1. The van der Waals surface area contributed by atoms with Crippen LogP contribution in [0.15, 0.2) is 53.0 Å². The summed E-state index contributed by atoms with van der Waals surface area (Å²) >= 11 is 3.47. The highest BCUT2D eigenvalue weighted by Crippen LogP contribution is 2.37. The Morgan fingerprint density at radius 2 is 2.04 bits per heavy atom. The summed E-state index contributed by atoms with van der Waals surface area (Å²) in [6.07, 6.45) is -0.505. The predicted octanol–water partition coefficient (Wildman–Crippen LogP) is 3.95. The lowest BCUT2D eigenvalue weighted by molar-refractivity contribution is -0.117. The van der Waals surface area contributed by atoms with E-state index >= 15 is 0 Å². The standard InChI is InChI=1S/C18H17BrN2O3/c1-2-24-18(23)21-11-16(22)20-15-9-8-13(19)10-14(15)17(21)12-6-4-3-5-7-12/h3-10,17H,2,11H2,1H3,(H,20,22)/t17-/m1/s1. The third-order valence-electron chi connectivity index (χ3n) is 3.83. The van der Waals surface area contributed by atoms with Gasteiger partial charge in [0.1, 0.15) is 6.54 Å². The number of nitrogens with zero attached hydrogens (tertiary/aromatic N) is 1. The van der Waals surface area contributed by atoms with Gasteiger partial charge >= 0.3 is 6.09 Å². The van der Waals surface area contributed by atoms with Gasteiger partial charge in [0.25, 0.3) is 0 Å². The Morgan fingerprint density at radius 1 is 1.29 bits per heavy atom. The molecule has 0 fully saturated rings. The molecule has 2 aromatic carbocycles. The Labute approximate surface area is 148 Å². The minimum Gasteiger partial charge on any atom is -0.450 e. The summed E-state index contributed by atoms with van der Waals surface area (Å²) in [5.41, 5.74) is 2.46. The highest BCUT2D eigenvalue weighted by molar-refractivity contribution is 9.10. The number of amides is 2. The summed E-state index contributed by atoms with van der Waals surface area (Å²) in [6.45, 7) is 1.94. The molecule has 0 radical (unpaired) electrons. The largest absolute Gasteiger partial charge is 0.450 e. The van der Waals surface area contributed by atoms with E-state index in [4.69, 9.17) is 4.74 Å². The van der Waals surface area contributed by atoms with Crippen molar-refractivity contribution in [1.82, 2.24) is 4.90 Å². The molecule has 1 N–H and O–H groups in total. The molecule has 24 heavy (non-hydrogen) atoms. The van der Waals surface area contributed by atoms with E-state index in [-0.39, 0.29) is 19.1 Å². The van der Waals surface area contributed by atoms with Crippen molar-refractivity contribution in [3.05, 3.63) is 64.1 Å². The van der Waals surface area contributed by atoms with E-state index in [1.54, 1.807) is 6.92 Å². The molecule has 0 bridgehead atoms. The lowest BCUT2D eigenvalue weighted by Crippen LogP contribution is -2.39. The monoisotopic (exact) mass is 388 g/mol. The molecule has 1 heterocycles. The first kappa shape index (κ1) is 16.5. The zero-order chi connectivity index (χ0) is 17.1. The van der Waals surface area contributed by atoms with Crippen molar-refractivity contribution >= 4 is 33.6 Å². The van der Waals surface area contributed by atoms with Crippen molar-refractivity contribution in [3.8, 4) is 0 Å². The van der Waals surface area contributed by atoms with Gasteiger partial charge in [0.15, 0.2) is 0 Å². The van der Waals surface area contributed by atoms with E-state index in [0.717, 1.165) is 15.6 Å². The maximum absolute atomic E-state index is 12.5. The molecule has 0 aliphatic carbocycles. The van der Waals surface area contributed by atoms with Crippen molar-refractivity contribution in [2.45, 2.75) is 13.0 Å². The van der Waals surface area contributed by atoms with Gasteiger partial charge in [-0.3, -0.25) is 9.69 Å². The van der Waals surface area contributed by atoms with Crippen LogP contribution in [0.2, 0.25) is 0 Å². The maximum atomic E-state index is 12.5. The third kappa shape index (κ3) is 3.28. The summed E-state index contributed by atoms with van der Waals surface area (Å²) < 4.78 is 6.05. The smallest absolute Gasteiger partial charge is 0.411 e. The summed E-state index contributed by atoms with van der Waals surface area (Å²) in [4.78, 5) is 26.2. The van der Waals surface area contributed by atoms with E-state index in [1.165, 1.54) is 4.90 Å². The van der Waals surface area contributed by atoms with E-state index in [0.29, 0.717) is 5.69 Å². The molecular weight excluding hydrogens is 372 g/mol. The SMILES string of the molecule is CCOC(=O)N1CC(=O)Nc2ccc(Br)cc2[C@H]1c1ccccc1. The maximum Gasteiger partial charge on any atom is 0.411 e. The van der Waals surface area contributed by atoms with Crippen LogP contribution in [-0.2, 0) is 9.53 Å². The topological polar surface area (TPSA) is 58.6 Å². The Morgan fingerprint density at radius 3 is 2.75 bits per heavy atom. The molecule has 124 valence electrons. The van der Waals surface area contributed by atoms with Crippen LogP contribution >= 0.6 is 15.9 Å². The molecule has 1 aliphatic heterocycles. The number of rotatable bonds is 2. The van der Waals surface area contributed by atoms with Crippen LogP contribution in [0, 0.1) is 0 Å². The molecule has 0 saturated heterocycles. The molecule has 5 nitrogen and oxygen atoms in total. The summed E-state index contributed by atoms with van der Waals surface area (Å²) in [7, 11) is 0. The number of fused-ring (bicyclic) bond motifs is 1. The molecule has 2 amide bonds. The van der Waals surface area contributed by atoms with Crippen molar-refractivity contribution in [2.24, 2.45) is 0 Å². The van der Waals surface area contributed by atoms with Crippen molar-refractivity contribution in [1.29, 1.82) is 0 Å². The second-order valence-corrected chi connectivity index (χ2v) is 6.34. The first-order valence-corrected chi connectivity index (χ1v) is 8.47. The summed E-state index contributed by atoms with van der Waals surface area (Å²) in [6, 6.07) is 14.8. The molecule has 0 unspecified atom stereocenters. The lowest BCUT2D eigenvalue weighted by Gasteiger charge is -2.29. The average molecular weight is 389 g/mol. The number of benzene rings is 2. The number of carbonyl (C=O) groups excluding carboxylic acids is 2. The minimum absolute atomic E-state index is 0.0648.